The van der Waals surface area contributed by atoms with Crippen LogP contribution in [0.5, 0.6) is 0 Å². The van der Waals surface area contributed by atoms with Crippen LogP contribution >= 0.6 is 0 Å². The summed E-state index contributed by atoms with van der Waals surface area (Å²) in [6, 6.07) is 4.28. The van der Waals surface area contributed by atoms with Gasteiger partial charge in [0.15, 0.2) is 5.82 Å². The summed E-state index contributed by atoms with van der Waals surface area (Å²) in [6.45, 7) is 7.37. The second kappa shape index (κ2) is 7.68. The van der Waals surface area contributed by atoms with Gasteiger partial charge >= 0.3 is 0 Å². The van der Waals surface area contributed by atoms with Crippen LogP contribution in [0.4, 0.5) is 0 Å². The molecule has 3 heterocycles. The van der Waals surface area contributed by atoms with E-state index in [0.29, 0.717) is 11.8 Å². The van der Waals surface area contributed by atoms with Crippen molar-refractivity contribution in [2.75, 3.05) is 13.1 Å². The summed E-state index contributed by atoms with van der Waals surface area (Å²) in [5.41, 5.74) is 1.41. The van der Waals surface area contributed by atoms with Crippen molar-refractivity contribution in [3.8, 4) is 0 Å². The lowest BCUT2D eigenvalue weighted by Gasteiger charge is -2.31. The first-order chi connectivity index (χ1) is 11.2. The SMILES string of the molecule is CC(C)CCc1noc(CN2CCC(c3ccncc3)CC2)n1. The first-order valence-electron chi connectivity index (χ1n) is 8.64. The zero-order valence-corrected chi connectivity index (χ0v) is 14.1. The lowest BCUT2D eigenvalue weighted by molar-refractivity contribution is 0.181. The predicted molar refractivity (Wildman–Crippen MR) is 88.9 cm³/mol. The molecule has 2 aromatic heterocycles. The van der Waals surface area contributed by atoms with Gasteiger partial charge in [0.2, 0.25) is 5.89 Å². The van der Waals surface area contributed by atoms with Crippen molar-refractivity contribution in [2.45, 2.75) is 52.0 Å². The number of hydrogen-bond donors (Lipinski definition) is 0. The van der Waals surface area contributed by atoms with Gasteiger partial charge in [-0.1, -0.05) is 19.0 Å². The van der Waals surface area contributed by atoms with Crippen LogP contribution in [0, 0.1) is 5.92 Å². The van der Waals surface area contributed by atoms with Gasteiger partial charge < -0.3 is 4.52 Å². The second-order valence-electron chi connectivity index (χ2n) is 6.87. The number of nitrogens with zero attached hydrogens (tertiary/aromatic N) is 4. The third-order valence-corrected chi connectivity index (χ3v) is 4.58. The number of piperidine rings is 1. The maximum Gasteiger partial charge on any atom is 0.240 e. The molecule has 1 aliphatic rings. The van der Waals surface area contributed by atoms with Crippen LogP contribution < -0.4 is 0 Å². The molecule has 0 radical (unpaired) electrons. The van der Waals surface area contributed by atoms with E-state index in [9.17, 15) is 0 Å². The monoisotopic (exact) mass is 314 g/mol. The number of aryl methyl sites for hydroxylation is 1. The molecule has 2 aromatic rings. The fourth-order valence-corrected chi connectivity index (χ4v) is 3.12. The number of hydrogen-bond acceptors (Lipinski definition) is 5. The smallest absolute Gasteiger partial charge is 0.240 e. The van der Waals surface area contributed by atoms with E-state index in [-0.39, 0.29) is 0 Å². The summed E-state index contributed by atoms with van der Waals surface area (Å²) >= 11 is 0. The van der Waals surface area contributed by atoms with Crippen molar-refractivity contribution in [1.29, 1.82) is 0 Å². The van der Waals surface area contributed by atoms with Crippen molar-refractivity contribution in [1.82, 2.24) is 20.0 Å². The van der Waals surface area contributed by atoms with E-state index in [1.165, 1.54) is 18.4 Å². The zero-order chi connectivity index (χ0) is 16.1. The van der Waals surface area contributed by atoms with E-state index in [0.717, 1.165) is 44.2 Å². The minimum atomic E-state index is 0.651. The molecule has 5 heteroatoms. The highest BCUT2D eigenvalue weighted by molar-refractivity contribution is 5.16. The summed E-state index contributed by atoms with van der Waals surface area (Å²) in [7, 11) is 0. The van der Waals surface area contributed by atoms with Crippen molar-refractivity contribution in [3.63, 3.8) is 0 Å². The molecular formula is C18H26N4O. The summed E-state index contributed by atoms with van der Waals surface area (Å²) in [5.74, 6) is 2.93. The average molecular weight is 314 g/mol. The Morgan fingerprint density at radius 1 is 1.22 bits per heavy atom. The van der Waals surface area contributed by atoms with Gasteiger partial charge in [0.1, 0.15) is 0 Å². The molecular weight excluding hydrogens is 288 g/mol. The van der Waals surface area contributed by atoms with Crippen molar-refractivity contribution < 1.29 is 4.52 Å². The summed E-state index contributed by atoms with van der Waals surface area (Å²) < 4.78 is 5.40. The fraction of sp³-hybridized carbons (Fsp3) is 0.611. The molecule has 1 saturated heterocycles. The molecule has 23 heavy (non-hydrogen) atoms. The quantitative estimate of drug-likeness (QED) is 0.817. The molecule has 1 fully saturated rings. The summed E-state index contributed by atoms with van der Waals surface area (Å²) in [6.07, 6.45) is 8.15. The molecule has 3 rings (SSSR count). The Balaban J connectivity index is 1.47. The third-order valence-electron chi connectivity index (χ3n) is 4.58. The van der Waals surface area contributed by atoms with Crippen molar-refractivity contribution in [3.05, 3.63) is 41.8 Å². The molecule has 0 saturated carbocycles. The Labute approximate surface area is 138 Å². The molecule has 5 nitrogen and oxygen atoms in total. The first-order valence-corrected chi connectivity index (χ1v) is 8.64. The van der Waals surface area contributed by atoms with Gasteiger partial charge in [0.05, 0.1) is 6.54 Å². The second-order valence-corrected chi connectivity index (χ2v) is 6.87. The molecule has 0 atom stereocenters. The zero-order valence-electron chi connectivity index (χ0n) is 14.1. The minimum absolute atomic E-state index is 0.651. The number of rotatable bonds is 6. The van der Waals surface area contributed by atoms with E-state index in [4.69, 9.17) is 4.52 Å². The van der Waals surface area contributed by atoms with E-state index in [1.807, 2.05) is 12.4 Å². The topological polar surface area (TPSA) is 55.1 Å². The van der Waals surface area contributed by atoms with Crippen LogP contribution in [0.25, 0.3) is 0 Å². The Morgan fingerprint density at radius 3 is 2.65 bits per heavy atom. The molecule has 0 bridgehead atoms. The molecule has 124 valence electrons. The van der Waals surface area contributed by atoms with Crippen LogP contribution in [0.15, 0.2) is 29.0 Å². The van der Waals surface area contributed by atoms with Gasteiger partial charge in [-0.3, -0.25) is 9.88 Å². The standard InChI is InChI=1S/C18H26N4O/c1-14(2)3-4-17-20-18(23-21-17)13-22-11-7-16(8-12-22)15-5-9-19-10-6-15/h5-6,9-10,14,16H,3-4,7-8,11-13H2,1-2H3. The van der Waals surface area contributed by atoms with Gasteiger partial charge in [-0.05, 0) is 61.9 Å². The third kappa shape index (κ3) is 4.61. The minimum Gasteiger partial charge on any atom is -0.338 e. The van der Waals surface area contributed by atoms with Gasteiger partial charge in [0.25, 0.3) is 0 Å². The van der Waals surface area contributed by atoms with Gasteiger partial charge in [0, 0.05) is 18.8 Å². The van der Waals surface area contributed by atoms with Crippen molar-refractivity contribution >= 4 is 0 Å². The molecule has 0 amide bonds. The Kier molecular flexibility index (Phi) is 5.39. The molecule has 0 aromatic carbocycles. The highest BCUT2D eigenvalue weighted by atomic mass is 16.5. The molecule has 0 aliphatic carbocycles. The number of aromatic nitrogens is 3. The molecule has 0 spiro atoms. The normalized spacial score (nSPS) is 17.0. The van der Waals surface area contributed by atoms with Gasteiger partial charge in [-0.15, -0.1) is 0 Å². The summed E-state index contributed by atoms with van der Waals surface area (Å²) in [4.78, 5) is 11.0. The van der Waals surface area contributed by atoms with Crippen LogP contribution in [0.2, 0.25) is 0 Å². The first kappa shape index (κ1) is 16.1. The molecule has 0 unspecified atom stereocenters. The largest absolute Gasteiger partial charge is 0.338 e. The highest BCUT2D eigenvalue weighted by Gasteiger charge is 2.22. The maximum atomic E-state index is 5.40. The van der Waals surface area contributed by atoms with Crippen LogP contribution in [-0.4, -0.2) is 33.1 Å². The van der Waals surface area contributed by atoms with E-state index in [2.05, 4.69) is 46.0 Å². The van der Waals surface area contributed by atoms with Gasteiger partial charge in [-0.25, -0.2) is 0 Å². The van der Waals surface area contributed by atoms with Crippen LogP contribution in [0.3, 0.4) is 0 Å². The molecule has 0 N–H and O–H groups in total. The Bertz CT molecular complexity index is 588. The van der Waals surface area contributed by atoms with E-state index < -0.39 is 0 Å². The highest BCUT2D eigenvalue weighted by Crippen LogP contribution is 2.27. The maximum absolute atomic E-state index is 5.40. The molecule has 1 aliphatic heterocycles. The number of pyridine rings is 1. The Morgan fingerprint density at radius 2 is 1.96 bits per heavy atom. The van der Waals surface area contributed by atoms with E-state index >= 15 is 0 Å². The fourth-order valence-electron chi connectivity index (χ4n) is 3.12. The average Bonchev–Trinajstić information content (AvgIpc) is 3.02. The van der Waals surface area contributed by atoms with Crippen LogP contribution in [0.1, 0.15) is 56.3 Å². The lowest BCUT2D eigenvalue weighted by atomic mass is 9.90. The summed E-state index contributed by atoms with van der Waals surface area (Å²) in [5, 5.41) is 4.10. The van der Waals surface area contributed by atoms with E-state index in [1.54, 1.807) is 0 Å². The lowest BCUT2D eigenvalue weighted by Crippen LogP contribution is -2.32. The predicted octanol–water partition coefficient (Wildman–Crippen LogP) is 3.43. The number of likely N-dealkylation sites (tertiary alicyclic amines) is 1. The Hall–Kier alpha value is -1.75. The van der Waals surface area contributed by atoms with Gasteiger partial charge in [-0.2, -0.15) is 4.98 Å². The van der Waals surface area contributed by atoms with Crippen molar-refractivity contribution in [2.24, 2.45) is 5.92 Å². The van der Waals surface area contributed by atoms with Crippen LogP contribution in [-0.2, 0) is 13.0 Å².